The number of phosphoric acid groups is 1. The molecule has 32 heavy (non-hydrogen) atoms. The molecule has 0 aliphatic carbocycles. The molecule has 2 aliphatic rings. The van der Waals surface area contributed by atoms with Crippen LogP contribution in [-0.4, -0.2) is 49.5 Å². The van der Waals surface area contributed by atoms with E-state index < -0.39 is 69.0 Å². The van der Waals surface area contributed by atoms with E-state index in [9.17, 15) is 33.9 Å². The first-order valence-electron chi connectivity index (χ1n) is 9.92. The molecule has 1 fully saturated rings. The van der Waals surface area contributed by atoms with E-state index in [1.807, 2.05) is 0 Å². The summed E-state index contributed by atoms with van der Waals surface area (Å²) in [5.41, 5.74) is -2.49. The van der Waals surface area contributed by atoms with Crippen LogP contribution in [0.5, 0.6) is 5.75 Å². The van der Waals surface area contributed by atoms with Gasteiger partial charge in [0, 0.05) is 11.8 Å². The molecule has 3 heterocycles. The maximum absolute atomic E-state index is 15.7. The van der Waals surface area contributed by atoms with Gasteiger partial charge in [-0.25, -0.2) is 18.1 Å². The van der Waals surface area contributed by atoms with Crippen molar-refractivity contribution in [2.24, 2.45) is 0 Å². The first-order valence-corrected chi connectivity index (χ1v) is 10.4. The molecular weight excluding hydrogens is 461 g/mol. The maximum Gasteiger partial charge on any atom is 0.530 e. The highest BCUT2D eigenvalue weighted by Gasteiger charge is 2.57. The van der Waals surface area contributed by atoms with Gasteiger partial charge in [-0.15, -0.1) is 0 Å². The van der Waals surface area contributed by atoms with E-state index in [1.54, 1.807) is 4.98 Å². The highest BCUT2D eigenvalue weighted by molar-refractivity contribution is 7.49. The molecule has 1 unspecified atom stereocenters. The van der Waals surface area contributed by atoms with Crippen molar-refractivity contribution >= 4 is 7.82 Å². The Morgan fingerprint density at radius 1 is 1.41 bits per heavy atom. The number of nitrogens with zero attached hydrogens (tertiary/aromatic N) is 1. The average molecular weight is 480 g/mol. The normalized spacial score (nSPS) is 33.2. The molecule has 4 N–H and O–H groups in total. The van der Waals surface area contributed by atoms with Gasteiger partial charge in [-0.1, -0.05) is 0 Å². The van der Waals surface area contributed by atoms with Gasteiger partial charge in [0.2, 0.25) is 0 Å². The summed E-state index contributed by atoms with van der Waals surface area (Å²) in [6.07, 6.45) is -6.39. The molecule has 0 bridgehead atoms. The zero-order chi connectivity index (χ0) is 25.1. The van der Waals surface area contributed by atoms with E-state index in [0.717, 1.165) is 24.4 Å². The van der Waals surface area contributed by atoms with Crippen LogP contribution < -0.4 is 15.8 Å². The number of rotatable bonds is 5. The summed E-state index contributed by atoms with van der Waals surface area (Å²) in [5.74, 6) is -4.80. The number of benzene rings is 1. The first kappa shape index (κ1) is 20.2. The zero-order valence-corrected chi connectivity index (χ0v) is 16.7. The number of aliphatic hydroxyl groups is 3. The molecule has 4 rings (SSSR count). The van der Waals surface area contributed by atoms with E-state index in [4.69, 9.17) is 16.5 Å². The van der Waals surface area contributed by atoms with Crippen LogP contribution in [0.1, 0.15) is 20.1 Å². The number of H-pyrrole nitrogens is 1. The summed E-state index contributed by atoms with van der Waals surface area (Å²) in [5, 5.41) is 29.7. The summed E-state index contributed by atoms with van der Waals surface area (Å²) >= 11 is 0. The van der Waals surface area contributed by atoms with Crippen LogP contribution in [-0.2, 0) is 31.6 Å². The number of hydrogen-bond acceptors (Lipinski definition) is 10. The largest absolute Gasteiger partial charge is 0.530 e. The smallest absolute Gasteiger partial charge is 0.404 e. The van der Waals surface area contributed by atoms with Gasteiger partial charge in [-0.2, -0.15) is 0 Å². The fourth-order valence-corrected chi connectivity index (χ4v) is 4.13. The fourth-order valence-electron chi connectivity index (χ4n) is 3.03. The second kappa shape index (κ2) is 8.15. The lowest BCUT2D eigenvalue weighted by Crippen LogP contribution is -2.43. The number of fused-ring (bicyclic) bond motifs is 1. The molecule has 0 saturated carbocycles. The molecule has 0 spiro atoms. The summed E-state index contributed by atoms with van der Waals surface area (Å²) < 4.78 is 77.4. The number of phosphoric ester groups is 1. The van der Waals surface area contributed by atoms with Gasteiger partial charge in [0.1, 0.15) is 30.3 Å². The SMILES string of the molecule is [2H]C([2H])(OP1(=O)OCc2cc(F)ccc2O1)[C@@]1(F)O[C@@H](n2cc(CO)c(=O)[nH]c2=O)[C@H](O)[C@@H]1O. The van der Waals surface area contributed by atoms with E-state index in [1.165, 1.54) is 0 Å². The standard InChI is InChI=1S/C17H17F2N2O10P/c18-10-1-2-11-8(3-10)6-28-32(27,31-11)29-7-17(19)13(24)12(23)15(30-17)21-4-9(5-22)14(25)20-16(21)26/h1-4,12-13,15,22-24H,5-7H2,(H,20,25,26)/t12-,13+,15-,17-,32?/m1/s1/i7D2. The number of hydrogen-bond donors (Lipinski definition) is 4. The molecule has 12 nitrogen and oxygen atoms in total. The monoisotopic (exact) mass is 480 g/mol. The summed E-state index contributed by atoms with van der Waals surface area (Å²) in [7, 11) is -4.90. The molecule has 174 valence electrons. The minimum absolute atomic E-state index is 0.107. The lowest BCUT2D eigenvalue weighted by atomic mass is 10.1. The van der Waals surface area contributed by atoms with Crippen molar-refractivity contribution < 1.29 is 49.7 Å². The minimum Gasteiger partial charge on any atom is -0.404 e. The van der Waals surface area contributed by atoms with Gasteiger partial charge in [-0.3, -0.25) is 23.4 Å². The molecule has 2 aromatic rings. The first-order chi connectivity index (χ1) is 15.8. The van der Waals surface area contributed by atoms with E-state index in [0.29, 0.717) is 4.57 Å². The Kier molecular flexibility index (Phi) is 5.14. The van der Waals surface area contributed by atoms with Crippen LogP contribution in [0.15, 0.2) is 34.0 Å². The van der Waals surface area contributed by atoms with Crippen molar-refractivity contribution in [3.05, 3.63) is 62.2 Å². The maximum atomic E-state index is 15.7. The zero-order valence-electron chi connectivity index (χ0n) is 17.8. The van der Waals surface area contributed by atoms with Crippen LogP contribution in [0.2, 0.25) is 0 Å². The van der Waals surface area contributed by atoms with Gasteiger partial charge in [0.25, 0.3) is 11.4 Å². The van der Waals surface area contributed by atoms with Crippen molar-refractivity contribution in [2.75, 3.05) is 6.56 Å². The third kappa shape index (κ3) is 4.01. The highest BCUT2D eigenvalue weighted by atomic mass is 31.2. The minimum atomic E-state index is -4.90. The summed E-state index contributed by atoms with van der Waals surface area (Å²) in [6, 6.07) is 3.01. The molecule has 0 amide bonds. The Balaban J connectivity index is 1.63. The number of aromatic amines is 1. The van der Waals surface area contributed by atoms with Gasteiger partial charge in [0.05, 0.1) is 21.5 Å². The lowest BCUT2D eigenvalue weighted by molar-refractivity contribution is -0.205. The molecule has 0 radical (unpaired) electrons. The molecule has 1 aromatic heterocycles. The molecular formula is C17H17F2N2O10P. The average Bonchev–Trinajstić information content (AvgIpc) is 2.99. The number of halogens is 2. The van der Waals surface area contributed by atoms with Crippen molar-refractivity contribution in [3.8, 4) is 5.75 Å². The van der Waals surface area contributed by atoms with Crippen molar-refractivity contribution in [3.63, 3.8) is 0 Å². The molecule has 1 aromatic carbocycles. The third-order valence-electron chi connectivity index (χ3n) is 4.68. The van der Waals surface area contributed by atoms with Gasteiger partial charge < -0.3 is 24.6 Å². The Morgan fingerprint density at radius 3 is 2.88 bits per heavy atom. The van der Waals surface area contributed by atoms with Crippen LogP contribution in [0.3, 0.4) is 0 Å². The molecule has 5 atom stereocenters. The second-order valence-electron chi connectivity index (χ2n) is 6.83. The quantitative estimate of drug-likeness (QED) is 0.421. The van der Waals surface area contributed by atoms with E-state index in [-0.39, 0.29) is 16.9 Å². The van der Waals surface area contributed by atoms with Crippen LogP contribution in [0.4, 0.5) is 8.78 Å². The van der Waals surface area contributed by atoms with Gasteiger partial charge in [-0.05, 0) is 18.2 Å². The highest BCUT2D eigenvalue weighted by Crippen LogP contribution is 2.55. The topological polar surface area (TPSA) is 170 Å². The molecule has 15 heteroatoms. The number of nitrogens with one attached hydrogen (secondary N) is 1. The fraction of sp³-hybridized carbons (Fsp3) is 0.412. The number of alkyl halides is 1. The third-order valence-corrected chi connectivity index (χ3v) is 5.86. The lowest BCUT2D eigenvalue weighted by Gasteiger charge is -2.28. The van der Waals surface area contributed by atoms with Crippen molar-refractivity contribution in [2.45, 2.75) is 37.5 Å². The van der Waals surface area contributed by atoms with Crippen LogP contribution in [0.25, 0.3) is 0 Å². The van der Waals surface area contributed by atoms with Gasteiger partial charge >= 0.3 is 13.5 Å². The predicted molar refractivity (Wildman–Crippen MR) is 98.6 cm³/mol. The van der Waals surface area contributed by atoms with Crippen LogP contribution >= 0.6 is 7.82 Å². The predicted octanol–water partition coefficient (Wildman–Crippen LogP) is -0.182. The molecule has 1 saturated heterocycles. The Morgan fingerprint density at radius 2 is 2.16 bits per heavy atom. The number of aliphatic hydroxyl groups excluding tert-OH is 3. The molecule has 2 aliphatic heterocycles. The van der Waals surface area contributed by atoms with Gasteiger partial charge in [0.15, 0.2) is 6.23 Å². The second-order valence-corrected chi connectivity index (χ2v) is 8.34. The number of ether oxygens (including phenoxy) is 1. The van der Waals surface area contributed by atoms with Crippen molar-refractivity contribution in [1.82, 2.24) is 9.55 Å². The van der Waals surface area contributed by atoms with E-state index in [2.05, 4.69) is 4.52 Å². The number of aromatic nitrogens is 2. The van der Waals surface area contributed by atoms with Crippen LogP contribution in [0, 0.1) is 5.82 Å². The van der Waals surface area contributed by atoms with Crippen molar-refractivity contribution in [1.29, 1.82) is 0 Å². The Labute approximate surface area is 180 Å². The summed E-state index contributed by atoms with van der Waals surface area (Å²) in [4.78, 5) is 25.5. The van der Waals surface area contributed by atoms with E-state index >= 15 is 4.39 Å². The Bertz CT molecular complexity index is 1290. The Hall–Kier alpha value is -2.45. The summed E-state index contributed by atoms with van der Waals surface area (Å²) in [6.45, 7) is -5.22.